The predicted molar refractivity (Wildman–Crippen MR) is 87.3 cm³/mol. The highest BCUT2D eigenvalue weighted by Gasteiger charge is 2.10. The molecular weight excluding hydrogens is 260 g/mol. The monoisotopic (exact) mass is 282 g/mol. The van der Waals surface area contributed by atoms with Crippen LogP contribution in [0, 0.1) is 6.92 Å². The van der Waals surface area contributed by atoms with E-state index in [-0.39, 0.29) is 11.9 Å². The summed E-state index contributed by atoms with van der Waals surface area (Å²) in [6.07, 6.45) is 0.946. The van der Waals surface area contributed by atoms with E-state index in [0.29, 0.717) is 6.54 Å². The molecule has 2 aromatic rings. The van der Waals surface area contributed by atoms with Gasteiger partial charge in [0.1, 0.15) is 0 Å². The first-order chi connectivity index (χ1) is 10.2. The number of carbonyl (C=O) groups is 1. The minimum absolute atomic E-state index is 0.0202. The molecule has 0 aliphatic carbocycles. The van der Waals surface area contributed by atoms with Gasteiger partial charge < -0.3 is 10.6 Å². The first-order valence-corrected chi connectivity index (χ1v) is 7.34. The summed E-state index contributed by atoms with van der Waals surface area (Å²) < 4.78 is 0. The van der Waals surface area contributed by atoms with Crippen molar-refractivity contribution in [3.05, 3.63) is 65.7 Å². The number of hydrogen-bond acceptors (Lipinski definition) is 2. The topological polar surface area (TPSA) is 41.1 Å². The largest absolute Gasteiger partial charge is 0.325 e. The van der Waals surface area contributed by atoms with Crippen LogP contribution in [0.15, 0.2) is 54.6 Å². The molecule has 0 heterocycles. The van der Waals surface area contributed by atoms with Gasteiger partial charge in [-0.25, -0.2) is 0 Å². The highest BCUT2D eigenvalue weighted by atomic mass is 16.1. The third kappa shape index (κ3) is 4.72. The lowest BCUT2D eigenvalue weighted by Crippen LogP contribution is -2.31. The molecule has 0 bridgehead atoms. The van der Waals surface area contributed by atoms with E-state index in [9.17, 15) is 4.79 Å². The van der Waals surface area contributed by atoms with E-state index in [1.165, 1.54) is 11.1 Å². The predicted octanol–water partition coefficient (Wildman–Crippen LogP) is 3.67. The zero-order chi connectivity index (χ0) is 15.1. The van der Waals surface area contributed by atoms with Crippen molar-refractivity contribution in [2.24, 2.45) is 0 Å². The molecule has 1 unspecified atom stereocenters. The Morgan fingerprint density at radius 1 is 1.05 bits per heavy atom. The molecule has 3 heteroatoms. The first-order valence-electron chi connectivity index (χ1n) is 7.34. The lowest BCUT2D eigenvalue weighted by molar-refractivity contribution is -0.115. The Balaban J connectivity index is 1.86. The Labute approximate surface area is 126 Å². The summed E-state index contributed by atoms with van der Waals surface area (Å²) in [4.78, 5) is 12.0. The standard InChI is InChI=1S/C18H22N2O/c1-3-17(15-7-5-4-6-8-15)19-13-18(21)20-16-11-9-14(2)10-12-16/h4-12,17,19H,3,13H2,1-2H3,(H,20,21). The second-order valence-corrected chi connectivity index (χ2v) is 5.17. The molecular formula is C18H22N2O. The van der Waals surface area contributed by atoms with Gasteiger partial charge in [0.2, 0.25) is 5.91 Å². The average molecular weight is 282 g/mol. The Hall–Kier alpha value is -2.13. The van der Waals surface area contributed by atoms with E-state index >= 15 is 0 Å². The quantitative estimate of drug-likeness (QED) is 0.848. The van der Waals surface area contributed by atoms with E-state index in [4.69, 9.17) is 0 Å². The van der Waals surface area contributed by atoms with E-state index in [2.05, 4.69) is 29.7 Å². The van der Waals surface area contributed by atoms with Gasteiger partial charge in [-0.05, 0) is 31.0 Å². The number of benzene rings is 2. The number of nitrogens with one attached hydrogen (secondary N) is 2. The van der Waals surface area contributed by atoms with Crippen LogP contribution >= 0.6 is 0 Å². The number of amides is 1. The Bertz CT molecular complexity index is 564. The molecule has 0 aliphatic heterocycles. The fraction of sp³-hybridized carbons (Fsp3) is 0.278. The van der Waals surface area contributed by atoms with Crippen molar-refractivity contribution in [3.8, 4) is 0 Å². The van der Waals surface area contributed by atoms with Crippen LogP contribution in [0.3, 0.4) is 0 Å². The molecule has 0 aliphatic rings. The summed E-state index contributed by atoms with van der Waals surface area (Å²) in [6.45, 7) is 4.45. The van der Waals surface area contributed by atoms with E-state index in [0.717, 1.165) is 12.1 Å². The third-order valence-electron chi connectivity index (χ3n) is 3.45. The highest BCUT2D eigenvalue weighted by molar-refractivity contribution is 5.92. The van der Waals surface area contributed by atoms with Gasteiger partial charge >= 0.3 is 0 Å². The van der Waals surface area contributed by atoms with E-state index in [1.807, 2.05) is 49.4 Å². The Morgan fingerprint density at radius 2 is 1.71 bits per heavy atom. The van der Waals surface area contributed by atoms with Crippen molar-refractivity contribution >= 4 is 11.6 Å². The summed E-state index contributed by atoms with van der Waals surface area (Å²) in [5, 5.41) is 6.20. The molecule has 0 saturated heterocycles. The zero-order valence-corrected chi connectivity index (χ0v) is 12.6. The Kier molecular flexibility index (Phi) is 5.52. The van der Waals surface area contributed by atoms with Crippen molar-refractivity contribution in [1.29, 1.82) is 0 Å². The van der Waals surface area contributed by atoms with Gasteiger partial charge in [0.15, 0.2) is 0 Å². The second-order valence-electron chi connectivity index (χ2n) is 5.17. The van der Waals surface area contributed by atoms with Crippen LogP contribution in [0.2, 0.25) is 0 Å². The van der Waals surface area contributed by atoms with Gasteiger partial charge in [0.25, 0.3) is 0 Å². The fourth-order valence-electron chi connectivity index (χ4n) is 2.24. The van der Waals surface area contributed by atoms with Gasteiger partial charge in [-0.3, -0.25) is 4.79 Å². The molecule has 0 fully saturated rings. The molecule has 21 heavy (non-hydrogen) atoms. The van der Waals surface area contributed by atoms with Crippen LogP contribution in [0.4, 0.5) is 5.69 Å². The van der Waals surface area contributed by atoms with Gasteiger partial charge in [-0.15, -0.1) is 0 Å². The van der Waals surface area contributed by atoms with Crippen molar-refractivity contribution in [2.75, 3.05) is 11.9 Å². The minimum atomic E-state index is -0.0202. The summed E-state index contributed by atoms with van der Waals surface area (Å²) in [6, 6.07) is 18.2. The van der Waals surface area contributed by atoms with Crippen LogP contribution in [0.1, 0.15) is 30.5 Å². The molecule has 0 radical (unpaired) electrons. The molecule has 3 nitrogen and oxygen atoms in total. The van der Waals surface area contributed by atoms with Crippen molar-refractivity contribution < 1.29 is 4.79 Å². The van der Waals surface area contributed by atoms with E-state index < -0.39 is 0 Å². The number of anilines is 1. The van der Waals surface area contributed by atoms with Gasteiger partial charge in [0, 0.05) is 11.7 Å². The summed E-state index contributed by atoms with van der Waals surface area (Å²) in [7, 11) is 0. The maximum Gasteiger partial charge on any atom is 0.238 e. The molecule has 0 spiro atoms. The van der Waals surface area contributed by atoms with Crippen molar-refractivity contribution in [1.82, 2.24) is 5.32 Å². The van der Waals surface area contributed by atoms with Crippen LogP contribution in [0.25, 0.3) is 0 Å². The van der Waals surface area contributed by atoms with Crippen LogP contribution < -0.4 is 10.6 Å². The number of hydrogen-bond donors (Lipinski definition) is 2. The molecule has 110 valence electrons. The van der Waals surface area contributed by atoms with Gasteiger partial charge in [-0.1, -0.05) is 55.0 Å². The lowest BCUT2D eigenvalue weighted by Gasteiger charge is -2.17. The number of aryl methyl sites for hydroxylation is 1. The maximum absolute atomic E-state index is 12.0. The summed E-state index contributed by atoms with van der Waals surface area (Å²) in [5.41, 5.74) is 3.23. The zero-order valence-electron chi connectivity index (χ0n) is 12.6. The number of carbonyl (C=O) groups excluding carboxylic acids is 1. The maximum atomic E-state index is 12.0. The van der Waals surface area contributed by atoms with Crippen LogP contribution in [0.5, 0.6) is 0 Å². The average Bonchev–Trinajstić information content (AvgIpc) is 2.51. The molecule has 1 amide bonds. The SMILES string of the molecule is CCC(NCC(=O)Nc1ccc(C)cc1)c1ccccc1. The molecule has 0 saturated carbocycles. The lowest BCUT2D eigenvalue weighted by atomic mass is 10.0. The van der Waals surface area contributed by atoms with Crippen LogP contribution in [-0.4, -0.2) is 12.5 Å². The third-order valence-corrected chi connectivity index (χ3v) is 3.45. The second kappa shape index (κ2) is 7.60. The molecule has 2 aromatic carbocycles. The minimum Gasteiger partial charge on any atom is -0.325 e. The summed E-state index contributed by atoms with van der Waals surface area (Å²) >= 11 is 0. The van der Waals surface area contributed by atoms with Gasteiger partial charge in [0.05, 0.1) is 6.54 Å². The molecule has 1 atom stereocenters. The van der Waals surface area contributed by atoms with Crippen LogP contribution in [-0.2, 0) is 4.79 Å². The first kappa shape index (κ1) is 15.3. The normalized spacial score (nSPS) is 11.9. The molecule has 0 aromatic heterocycles. The van der Waals surface area contributed by atoms with E-state index in [1.54, 1.807) is 0 Å². The Morgan fingerprint density at radius 3 is 2.33 bits per heavy atom. The fourth-order valence-corrected chi connectivity index (χ4v) is 2.24. The molecule has 2 rings (SSSR count). The van der Waals surface area contributed by atoms with Crippen molar-refractivity contribution in [2.45, 2.75) is 26.3 Å². The molecule has 2 N–H and O–H groups in total. The van der Waals surface area contributed by atoms with Crippen molar-refractivity contribution in [3.63, 3.8) is 0 Å². The smallest absolute Gasteiger partial charge is 0.238 e. The van der Waals surface area contributed by atoms with Gasteiger partial charge in [-0.2, -0.15) is 0 Å². The highest BCUT2D eigenvalue weighted by Crippen LogP contribution is 2.15. The summed E-state index contributed by atoms with van der Waals surface area (Å²) in [5.74, 6) is -0.0202. The number of rotatable bonds is 6.